The van der Waals surface area contributed by atoms with E-state index in [0.29, 0.717) is 0 Å². The Bertz CT molecular complexity index is 480. The summed E-state index contributed by atoms with van der Waals surface area (Å²) in [6.45, 7) is 0. The molecule has 1 aromatic carbocycles. The minimum atomic E-state index is -2.90. The van der Waals surface area contributed by atoms with Crippen molar-refractivity contribution < 1.29 is 23.0 Å². The van der Waals surface area contributed by atoms with Gasteiger partial charge in [0.1, 0.15) is 11.3 Å². The molecule has 17 heavy (non-hydrogen) atoms. The number of methoxy groups -OCH3 is 2. The monoisotopic (exact) mass is 241 g/mol. The SMILES string of the molecule is COC(=O)c1c(OC)cc(C#N)cc1C(F)F. The minimum absolute atomic E-state index is 0.00944. The fourth-order valence-electron chi connectivity index (χ4n) is 1.36. The topological polar surface area (TPSA) is 59.3 Å². The number of alkyl halides is 2. The van der Waals surface area contributed by atoms with Gasteiger partial charge in [0.05, 0.1) is 25.9 Å². The second kappa shape index (κ2) is 5.25. The summed E-state index contributed by atoms with van der Waals surface area (Å²) in [4.78, 5) is 11.4. The molecule has 0 heterocycles. The Balaban J connectivity index is 3.53. The van der Waals surface area contributed by atoms with Crippen LogP contribution in [0.2, 0.25) is 0 Å². The average Bonchev–Trinajstić information content (AvgIpc) is 2.35. The van der Waals surface area contributed by atoms with Crippen molar-refractivity contribution in [2.45, 2.75) is 6.43 Å². The van der Waals surface area contributed by atoms with Gasteiger partial charge in [-0.25, -0.2) is 13.6 Å². The van der Waals surface area contributed by atoms with Gasteiger partial charge in [-0.2, -0.15) is 5.26 Å². The third kappa shape index (κ3) is 2.50. The third-order valence-electron chi connectivity index (χ3n) is 2.11. The second-order valence-corrected chi connectivity index (χ2v) is 3.05. The van der Waals surface area contributed by atoms with Crippen LogP contribution >= 0.6 is 0 Å². The summed E-state index contributed by atoms with van der Waals surface area (Å²) in [6.07, 6.45) is -2.90. The molecule has 0 saturated heterocycles. The highest BCUT2D eigenvalue weighted by molar-refractivity contribution is 5.94. The van der Waals surface area contributed by atoms with E-state index in [-0.39, 0.29) is 16.9 Å². The number of carbonyl (C=O) groups excluding carboxylic acids is 1. The predicted molar refractivity (Wildman–Crippen MR) is 54.0 cm³/mol. The van der Waals surface area contributed by atoms with Gasteiger partial charge in [-0.05, 0) is 12.1 Å². The second-order valence-electron chi connectivity index (χ2n) is 3.05. The van der Waals surface area contributed by atoms with E-state index in [2.05, 4.69) is 4.74 Å². The van der Waals surface area contributed by atoms with Gasteiger partial charge in [0.25, 0.3) is 6.43 Å². The molecule has 6 heteroatoms. The molecule has 1 rings (SSSR count). The van der Waals surface area contributed by atoms with Crippen molar-refractivity contribution in [2.24, 2.45) is 0 Å². The number of esters is 1. The highest BCUT2D eigenvalue weighted by atomic mass is 19.3. The number of benzene rings is 1. The zero-order chi connectivity index (χ0) is 13.0. The molecule has 0 spiro atoms. The van der Waals surface area contributed by atoms with E-state index in [1.165, 1.54) is 13.2 Å². The highest BCUT2D eigenvalue weighted by Crippen LogP contribution is 2.31. The number of hydrogen-bond donors (Lipinski definition) is 0. The lowest BCUT2D eigenvalue weighted by Crippen LogP contribution is -2.09. The van der Waals surface area contributed by atoms with Crippen molar-refractivity contribution in [2.75, 3.05) is 14.2 Å². The number of halogens is 2. The van der Waals surface area contributed by atoms with Crippen LogP contribution in [0.1, 0.15) is 27.9 Å². The molecule has 0 unspecified atom stereocenters. The van der Waals surface area contributed by atoms with Gasteiger partial charge in [0.2, 0.25) is 0 Å². The summed E-state index contributed by atoms with van der Waals surface area (Å²) >= 11 is 0. The fraction of sp³-hybridized carbons (Fsp3) is 0.273. The maximum Gasteiger partial charge on any atom is 0.342 e. The van der Waals surface area contributed by atoms with E-state index >= 15 is 0 Å². The van der Waals surface area contributed by atoms with Crippen LogP contribution in [-0.2, 0) is 4.74 Å². The van der Waals surface area contributed by atoms with Crippen LogP contribution in [0, 0.1) is 11.3 Å². The van der Waals surface area contributed by atoms with Gasteiger partial charge in [-0.1, -0.05) is 0 Å². The Morgan fingerprint density at radius 1 is 1.41 bits per heavy atom. The molecule has 90 valence electrons. The molecule has 0 fully saturated rings. The summed E-state index contributed by atoms with van der Waals surface area (Å²) in [6, 6.07) is 3.87. The number of hydrogen-bond acceptors (Lipinski definition) is 4. The first-order valence-electron chi connectivity index (χ1n) is 4.53. The molecule has 1 aromatic rings. The summed E-state index contributed by atoms with van der Waals surface area (Å²) in [5.74, 6) is -1.03. The summed E-state index contributed by atoms with van der Waals surface area (Å²) < 4.78 is 34.8. The van der Waals surface area contributed by atoms with E-state index < -0.39 is 18.0 Å². The summed E-state index contributed by atoms with van der Waals surface area (Å²) in [7, 11) is 2.30. The van der Waals surface area contributed by atoms with Gasteiger partial charge in [0.15, 0.2) is 0 Å². The number of rotatable bonds is 3. The van der Waals surface area contributed by atoms with Crippen LogP contribution in [0.3, 0.4) is 0 Å². The van der Waals surface area contributed by atoms with Crippen molar-refractivity contribution in [3.05, 3.63) is 28.8 Å². The van der Waals surface area contributed by atoms with Crippen molar-refractivity contribution in [3.63, 3.8) is 0 Å². The van der Waals surface area contributed by atoms with Gasteiger partial charge in [0, 0.05) is 5.56 Å². The van der Waals surface area contributed by atoms with Crippen LogP contribution in [0.25, 0.3) is 0 Å². The summed E-state index contributed by atoms with van der Waals surface area (Å²) in [5, 5.41) is 8.68. The Labute approximate surface area is 96.4 Å². The van der Waals surface area contributed by atoms with E-state index in [4.69, 9.17) is 10.00 Å². The Hall–Kier alpha value is -2.16. The maximum absolute atomic E-state index is 12.8. The van der Waals surface area contributed by atoms with Gasteiger partial charge < -0.3 is 9.47 Å². The van der Waals surface area contributed by atoms with E-state index in [1.54, 1.807) is 6.07 Å². The predicted octanol–water partition coefficient (Wildman–Crippen LogP) is 2.29. The van der Waals surface area contributed by atoms with Crippen LogP contribution in [0.5, 0.6) is 5.75 Å². The quantitative estimate of drug-likeness (QED) is 0.762. The van der Waals surface area contributed by atoms with E-state index in [1.807, 2.05) is 0 Å². The number of ether oxygens (including phenoxy) is 2. The average molecular weight is 241 g/mol. The maximum atomic E-state index is 12.8. The first-order chi connectivity index (χ1) is 8.04. The minimum Gasteiger partial charge on any atom is -0.496 e. The number of nitrogens with zero attached hydrogens (tertiary/aromatic N) is 1. The molecule has 0 atom stereocenters. The van der Waals surface area contributed by atoms with Crippen molar-refractivity contribution in [3.8, 4) is 11.8 Å². The number of nitriles is 1. The lowest BCUT2D eigenvalue weighted by Gasteiger charge is -2.12. The van der Waals surface area contributed by atoms with Crippen LogP contribution in [-0.4, -0.2) is 20.2 Å². The fourth-order valence-corrected chi connectivity index (χ4v) is 1.36. The molecule has 0 aliphatic carbocycles. The molecule has 0 aliphatic heterocycles. The molecular formula is C11H9F2NO3. The van der Waals surface area contributed by atoms with E-state index in [9.17, 15) is 13.6 Å². The lowest BCUT2D eigenvalue weighted by molar-refractivity contribution is 0.0585. The van der Waals surface area contributed by atoms with Gasteiger partial charge >= 0.3 is 5.97 Å². The van der Waals surface area contributed by atoms with Crippen LogP contribution < -0.4 is 4.74 Å². The Morgan fingerprint density at radius 2 is 2.06 bits per heavy atom. The smallest absolute Gasteiger partial charge is 0.342 e. The van der Waals surface area contributed by atoms with Crippen molar-refractivity contribution >= 4 is 5.97 Å². The highest BCUT2D eigenvalue weighted by Gasteiger charge is 2.24. The molecule has 0 aromatic heterocycles. The molecule has 0 aliphatic rings. The number of carbonyl (C=O) groups is 1. The summed E-state index contributed by atoms with van der Waals surface area (Å²) in [5.41, 5.74) is -0.943. The zero-order valence-corrected chi connectivity index (χ0v) is 9.16. The standard InChI is InChI=1S/C11H9F2NO3/c1-16-8-4-6(5-14)3-7(10(12)13)9(8)11(15)17-2/h3-4,10H,1-2H3. The molecule has 0 N–H and O–H groups in total. The molecule has 0 saturated carbocycles. The first kappa shape index (κ1) is 12.9. The molecule has 0 bridgehead atoms. The zero-order valence-electron chi connectivity index (χ0n) is 9.16. The lowest BCUT2D eigenvalue weighted by atomic mass is 10.0. The van der Waals surface area contributed by atoms with Crippen molar-refractivity contribution in [1.82, 2.24) is 0 Å². The first-order valence-corrected chi connectivity index (χ1v) is 4.53. The van der Waals surface area contributed by atoms with E-state index in [0.717, 1.165) is 13.2 Å². The van der Waals surface area contributed by atoms with Crippen molar-refractivity contribution in [1.29, 1.82) is 5.26 Å². The Kier molecular flexibility index (Phi) is 3.99. The molecule has 4 nitrogen and oxygen atoms in total. The van der Waals surface area contributed by atoms with Crippen LogP contribution in [0.4, 0.5) is 8.78 Å². The third-order valence-corrected chi connectivity index (χ3v) is 2.11. The normalized spacial score (nSPS) is 9.88. The molecule has 0 amide bonds. The van der Waals surface area contributed by atoms with Gasteiger partial charge in [-0.15, -0.1) is 0 Å². The van der Waals surface area contributed by atoms with Crippen LogP contribution in [0.15, 0.2) is 12.1 Å². The largest absolute Gasteiger partial charge is 0.496 e. The van der Waals surface area contributed by atoms with Gasteiger partial charge in [-0.3, -0.25) is 0 Å². The molecule has 0 radical (unpaired) electrons. The molecular weight excluding hydrogens is 232 g/mol. The Morgan fingerprint density at radius 3 is 2.47 bits per heavy atom.